The maximum absolute atomic E-state index is 14.1. The summed E-state index contributed by atoms with van der Waals surface area (Å²) in [6, 6.07) is 17.0. The van der Waals surface area contributed by atoms with Gasteiger partial charge in [0.1, 0.15) is 11.6 Å². The molecule has 174 valence electrons. The van der Waals surface area contributed by atoms with Crippen LogP contribution in [0.2, 0.25) is 0 Å². The van der Waals surface area contributed by atoms with E-state index in [2.05, 4.69) is 54.8 Å². The van der Waals surface area contributed by atoms with Gasteiger partial charge in [-0.1, -0.05) is 35.4 Å². The summed E-state index contributed by atoms with van der Waals surface area (Å²) in [5, 5.41) is 0. The highest BCUT2D eigenvalue weighted by molar-refractivity contribution is 5.97. The third-order valence-corrected chi connectivity index (χ3v) is 6.89. The van der Waals surface area contributed by atoms with Gasteiger partial charge >= 0.3 is 0 Å². The van der Waals surface area contributed by atoms with E-state index in [1.807, 2.05) is 18.7 Å². The fraction of sp³-hybridized carbons (Fsp3) is 0.310. The van der Waals surface area contributed by atoms with Crippen molar-refractivity contribution in [2.75, 3.05) is 6.54 Å². The second-order valence-electron chi connectivity index (χ2n) is 9.56. The van der Waals surface area contributed by atoms with E-state index >= 15 is 0 Å². The first-order valence-electron chi connectivity index (χ1n) is 12.0. The largest absolute Gasteiger partial charge is 0.328 e. The summed E-state index contributed by atoms with van der Waals surface area (Å²) in [5.74, 6) is 0.531. The molecule has 1 aromatic heterocycles. The number of carbonyl (C=O) groups excluding carboxylic acids is 1. The predicted molar refractivity (Wildman–Crippen MR) is 134 cm³/mol. The Balaban J connectivity index is 1.66. The smallest absolute Gasteiger partial charge is 0.255 e. The summed E-state index contributed by atoms with van der Waals surface area (Å²) in [7, 11) is 0. The first kappa shape index (κ1) is 22.3. The molecule has 1 fully saturated rings. The molecule has 0 aliphatic carbocycles. The van der Waals surface area contributed by atoms with E-state index in [4.69, 9.17) is 4.98 Å². The van der Waals surface area contributed by atoms with Crippen LogP contribution in [0.3, 0.4) is 0 Å². The molecule has 1 saturated heterocycles. The lowest BCUT2D eigenvalue weighted by Gasteiger charge is -2.36. The quantitative estimate of drug-likeness (QED) is 0.342. The molecule has 34 heavy (non-hydrogen) atoms. The van der Waals surface area contributed by atoms with Crippen molar-refractivity contribution in [3.63, 3.8) is 0 Å². The van der Waals surface area contributed by atoms with Crippen molar-refractivity contribution in [1.29, 1.82) is 0 Å². The Bertz CT molecular complexity index is 1360. The number of carbonyl (C=O) groups is 1. The first-order chi connectivity index (χ1) is 16.3. The molecule has 0 spiro atoms. The summed E-state index contributed by atoms with van der Waals surface area (Å²) in [6.45, 7) is 8.82. The minimum atomic E-state index is -0.310. The number of amides is 1. The number of rotatable bonds is 3. The molecule has 2 heterocycles. The molecule has 1 atom stereocenters. The van der Waals surface area contributed by atoms with Crippen molar-refractivity contribution in [2.24, 2.45) is 0 Å². The minimum Gasteiger partial charge on any atom is -0.328 e. The van der Waals surface area contributed by atoms with E-state index < -0.39 is 0 Å². The van der Waals surface area contributed by atoms with Crippen LogP contribution in [0.5, 0.6) is 0 Å². The number of piperidine rings is 1. The highest BCUT2D eigenvalue weighted by Gasteiger charge is 2.34. The van der Waals surface area contributed by atoms with Crippen LogP contribution >= 0.6 is 0 Å². The van der Waals surface area contributed by atoms with E-state index in [-0.39, 0.29) is 17.8 Å². The Morgan fingerprint density at radius 2 is 1.62 bits per heavy atom. The van der Waals surface area contributed by atoms with Gasteiger partial charge in [-0.05, 0) is 82.3 Å². The Hall–Kier alpha value is -3.47. The molecule has 5 heteroatoms. The third-order valence-electron chi connectivity index (χ3n) is 6.89. The number of nitrogens with zero attached hydrogens (tertiary/aromatic N) is 3. The van der Waals surface area contributed by atoms with Gasteiger partial charge in [-0.25, -0.2) is 9.37 Å². The summed E-state index contributed by atoms with van der Waals surface area (Å²) in [5.41, 5.74) is 7.53. The first-order valence-corrected chi connectivity index (χ1v) is 12.0. The van der Waals surface area contributed by atoms with Crippen LogP contribution in [0.1, 0.15) is 63.7 Å². The van der Waals surface area contributed by atoms with E-state index in [1.54, 1.807) is 6.07 Å². The molecule has 1 unspecified atom stereocenters. The molecule has 0 bridgehead atoms. The second-order valence-corrected chi connectivity index (χ2v) is 9.56. The van der Waals surface area contributed by atoms with Crippen molar-refractivity contribution < 1.29 is 9.18 Å². The minimum absolute atomic E-state index is 0.0494. The van der Waals surface area contributed by atoms with E-state index in [0.717, 1.165) is 58.5 Å². The van der Waals surface area contributed by atoms with Gasteiger partial charge in [0.2, 0.25) is 0 Å². The molecular weight excluding hydrogens is 425 g/mol. The SMILES string of the molecule is Cc1ccc(-n2c(C3CCCCN3C(=O)c3c(C)cc(C)cc3C)nc3cc(F)ccc32)cc1. The molecule has 1 aliphatic rings. The number of halogens is 1. The zero-order valence-corrected chi connectivity index (χ0v) is 20.2. The van der Waals surface area contributed by atoms with Crippen molar-refractivity contribution in [1.82, 2.24) is 14.5 Å². The lowest BCUT2D eigenvalue weighted by atomic mass is 9.95. The molecule has 0 radical (unpaired) electrons. The third kappa shape index (κ3) is 3.89. The van der Waals surface area contributed by atoms with Gasteiger partial charge in [0, 0.05) is 23.9 Å². The zero-order chi connectivity index (χ0) is 24.0. The summed E-state index contributed by atoms with van der Waals surface area (Å²) in [6.07, 6.45) is 2.81. The standard InChI is InChI=1S/C29H30FN3O/c1-18-8-11-23(12-9-18)33-25-13-10-22(30)17-24(25)31-28(33)26-7-5-6-14-32(26)29(34)27-20(3)15-19(2)16-21(27)4/h8-13,15-17,26H,5-7,14H2,1-4H3. The normalized spacial score (nSPS) is 16.3. The number of likely N-dealkylation sites (tertiary alicyclic amines) is 1. The van der Waals surface area contributed by atoms with Crippen LogP contribution in [0, 0.1) is 33.5 Å². The number of hydrogen-bond donors (Lipinski definition) is 0. The summed E-state index contributed by atoms with van der Waals surface area (Å²) in [4.78, 5) is 20.8. The van der Waals surface area contributed by atoms with E-state index in [0.29, 0.717) is 12.1 Å². The van der Waals surface area contributed by atoms with Gasteiger partial charge in [0.15, 0.2) is 0 Å². The van der Waals surface area contributed by atoms with Gasteiger partial charge in [0.25, 0.3) is 5.91 Å². The molecule has 3 aromatic carbocycles. The maximum atomic E-state index is 14.1. The average molecular weight is 456 g/mol. The zero-order valence-electron chi connectivity index (χ0n) is 20.2. The summed E-state index contributed by atoms with van der Waals surface area (Å²) >= 11 is 0. The van der Waals surface area contributed by atoms with Gasteiger partial charge < -0.3 is 4.90 Å². The van der Waals surface area contributed by atoms with E-state index in [9.17, 15) is 9.18 Å². The van der Waals surface area contributed by atoms with Crippen LogP contribution < -0.4 is 0 Å². The monoisotopic (exact) mass is 455 g/mol. The Labute approximate surface area is 200 Å². The van der Waals surface area contributed by atoms with Crippen LogP contribution in [0.25, 0.3) is 16.7 Å². The summed E-state index contributed by atoms with van der Waals surface area (Å²) < 4.78 is 16.2. The molecule has 1 amide bonds. The lowest BCUT2D eigenvalue weighted by Crippen LogP contribution is -2.40. The van der Waals surface area contributed by atoms with Crippen LogP contribution in [0.4, 0.5) is 4.39 Å². The topological polar surface area (TPSA) is 38.1 Å². The van der Waals surface area contributed by atoms with E-state index in [1.165, 1.54) is 17.7 Å². The lowest BCUT2D eigenvalue weighted by molar-refractivity contribution is 0.0597. The molecule has 0 saturated carbocycles. The van der Waals surface area contributed by atoms with Crippen molar-refractivity contribution in [2.45, 2.75) is 53.0 Å². The number of hydrogen-bond acceptors (Lipinski definition) is 2. The number of benzene rings is 3. The van der Waals surface area contributed by atoms with Crippen LogP contribution in [0.15, 0.2) is 54.6 Å². The van der Waals surface area contributed by atoms with Crippen molar-refractivity contribution >= 4 is 16.9 Å². The fourth-order valence-corrected chi connectivity index (χ4v) is 5.36. The fourth-order valence-electron chi connectivity index (χ4n) is 5.36. The van der Waals surface area contributed by atoms with Gasteiger partial charge in [-0.2, -0.15) is 0 Å². The maximum Gasteiger partial charge on any atom is 0.255 e. The van der Waals surface area contributed by atoms with Gasteiger partial charge in [-0.3, -0.25) is 9.36 Å². The molecule has 4 aromatic rings. The Morgan fingerprint density at radius 3 is 2.32 bits per heavy atom. The van der Waals surface area contributed by atoms with Crippen molar-refractivity contribution in [3.05, 3.63) is 94.1 Å². The molecular formula is C29H30FN3O. The highest BCUT2D eigenvalue weighted by atomic mass is 19.1. The molecule has 0 N–H and O–H groups in total. The molecule has 1 aliphatic heterocycles. The predicted octanol–water partition coefficient (Wildman–Crippen LogP) is 6.77. The van der Waals surface area contributed by atoms with Crippen LogP contribution in [-0.4, -0.2) is 26.9 Å². The van der Waals surface area contributed by atoms with Crippen LogP contribution in [-0.2, 0) is 0 Å². The Kier molecular flexibility index (Phi) is 5.72. The van der Waals surface area contributed by atoms with Crippen molar-refractivity contribution in [3.8, 4) is 5.69 Å². The number of fused-ring (bicyclic) bond motifs is 1. The number of aromatic nitrogens is 2. The number of aryl methyl sites for hydroxylation is 4. The number of imidazole rings is 1. The molecule has 4 nitrogen and oxygen atoms in total. The second kappa shape index (κ2) is 8.71. The highest BCUT2D eigenvalue weighted by Crippen LogP contribution is 2.36. The van der Waals surface area contributed by atoms with Gasteiger partial charge in [0.05, 0.1) is 17.1 Å². The van der Waals surface area contributed by atoms with Gasteiger partial charge in [-0.15, -0.1) is 0 Å². The molecule has 5 rings (SSSR count). The average Bonchev–Trinajstić information content (AvgIpc) is 3.17. The Morgan fingerprint density at radius 1 is 0.912 bits per heavy atom.